The third kappa shape index (κ3) is 2.38. The molecule has 0 radical (unpaired) electrons. The van der Waals surface area contributed by atoms with Gasteiger partial charge >= 0.3 is 0 Å². The number of nitrogens with one attached hydrogen (secondary N) is 1. The van der Waals surface area contributed by atoms with Crippen molar-refractivity contribution in [1.82, 2.24) is 15.1 Å². The number of para-hydroxylation sites is 1. The lowest BCUT2D eigenvalue weighted by Gasteiger charge is -2.02. The third-order valence-corrected chi connectivity index (χ3v) is 2.57. The molecular weight excluding hydrogens is 218 g/mol. The predicted octanol–water partition coefficient (Wildman–Crippen LogP) is 1.09. The Morgan fingerprint density at radius 3 is 3.00 bits per heavy atom. The molecule has 0 saturated heterocycles. The zero-order chi connectivity index (χ0) is 12.3. The Morgan fingerprint density at radius 1 is 1.47 bits per heavy atom. The van der Waals surface area contributed by atoms with E-state index in [9.17, 15) is 4.79 Å². The van der Waals surface area contributed by atoms with Gasteiger partial charge in [-0.15, -0.1) is 5.10 Å². The lowest BCUT2D eigenvalue weighted by Crippen LogP contribution is -2.20. The van der Waals surface area contributed by atoms with Crippen molar-refractivity contribution in [2.75, 3.05) is 13.7 Å². The van der Waals surface area contributed by atoms with E-state index < -0.39 is 0 Å². The molecule has 1 heterocycles. The molecule has 1 N–H and O–H groups in total. The Labute approximate surface area is 99.4 Å². The smallest absolute Gasteiger partial charge is 0.240 e. The molecule has 0 aliphatic carbocycles. The first-order chi connectivity index (χ1) is 8.22. The summed E-state index contributed by atoms with van der Waals surface area (Å²) in [6.45, 7) is 0.334. The minimum Gasteiger partial charge on any atom is -0.476 e. The van der Waals surface area contributed by atoms with E-state index in [0.29, 0.717) is 18.9 Å². The van der Waals surface area contributed by atoms with Gasteiger partial charge in [0.05, 0.1) is 23.9 Å². The zero-order valence-corrected chi connectivity index (χ0v) is 9.93. The summed E-state index contributed by atoms with van der Waals surface area (Å²) in [5, 5.41) is 7.79. The largest absolute Gasteiger partial charge is 0.476 e. The quantitative estimate of drug-likeness (QED) is 0.860. The maximum atomic E-state index is 11.1. The summed E-state index contributed by atoms with van der Waals surface area (Å²) in [6.07, 6.45) is 0.335. The number of nitrogens with zero attached hydrogens (tertiary/aromatic N) is 2. The maximum absolute atomic E-state index is 11.1. The molecule has 1 aromatic heterocycles. The molecule has 0 aliphatic heterocycles. The molecule has 2 aromatic rings. The van der Waals surface area contributed by atoms with Crippen LogP contribution in [-0.4, -0.2) is 29.3 Å². The fourth-order valence-corrected chi connectivity index (χ4v) is 1.65. The molecule has 0 fully saturated rings. The van der Waals surface area contributed by atoms with Crippen LogP contribution in [0.4, 0.5) is 0 Å². The molecule has 1 aromatic carbocycles. The highest BCUT2D eigenvalue weighted by Crippen LogP contribution is 2.23. The number of carbonyl (C=O) groups excluding carboxylic acids is 1. The predicted molar refractivity (Wildman–Crippen MR) is 64.9 cm³/mol. The average Bonchev–Trinajstić information content (AvgIpc) is 2.67. The van der Waals surface area contributed by atoms with E-state index in [0.717, 1.165) is 10.9 Å². The highest BCUT2D eigenvalue weighted by Gasteiger charge is 2.09. The van der Waals surface area contributed by atoms with E-state index >= 15 is 0 Å². The minimum absolute atomic E-state index is 0.0368. The van der Waals surface area contributed by atoms with Gasteiger partial charge in [0.1, 0.15) is 0 Å². The van der Waals surface area contributed by atoms with Crippen LogP contribution >= 0.6 is 0 Å². The first kappa shape index (κ1) is 11.4. The number of aryl methyl sites for hydroxylation is 1. The van der Waals surface area contributed by atoms with E-state index in [4.69, 9.17) is 4.74 Å². The Bertz CT molecular complexity index is 534. The van der Waals surface area contributed by atoms with Crippen LogP contribution in [0.3, 0.4) is 0 Å². The topological polar surface area (TPSA) is 56.1 Å². The highest BCUT2D eigenvalue weighted by atomic mass is 16.5. The summed E-state index contributed by atoms with van der Waals surface area (Å²) in [5.74, 6) is 0.539. The molecule has 0 aliphatic rings. The van der Waals surface area contributed by atoms with Crippen LogP contribution in [0.25, 0.3) is 10.9 Å². The molecule has 0 saturated carbocycles. The molecule has 5 nitrogen and oxygen atoms in total. The first-order valence-corrected chi connectivity index (χ1v) is 5.47. The molecule has 2 rings (SSSR count). The summed E-state index contributed by atoms with van der Waals surface area (Å²) in [4.78, 5) is 11.1. The van der Waals surface area contributed by atoms with Gasteiger partial charge in [0.25, 0.3) is 0 Å². The monoisotopic (exact) mass is 233 g/mol. The first-order valence-electron chi connectivity index (χ1n) is 5.47. The summed E-state index contributed by atoms with van der Waals surface area (Å²) in [5.41, 5.74) is 1.02. The fraction of sp³-hybridized carbons (Fsp3) is 0.333. The van der Waals surface area contributed by atoms with Crippen LogP contribution in [-0.2, 0) is 11.8 Å². The van der Waals surface area contributed by atoms with Crippen molar-refractivity contribution in [1.29, 1.82) is 0 Å². The van der Waals surface area contributed by atoms with Crippen LogP contribution in [0, 0.1) is 0 Å². The Kier molecular flexibility index (Phi) is 3.27. The van der Waals surface area contributed by atoms with Crippen LogP contribution in [0.2, 0.25) is 0 Å². The van der Waals surface area contributed by atoms with Gasteiger partial charge in [0.15, 0.2) is 0 Å². The van der Waals surface area contributed by atoms with Gasteiger partial charge in [-0.2, -0.15) is 0 Å². The normalized spacial score (nSPS) is 10.5. The van der Waals surface area contributed by atoms with Crippen molar-refractivity contribution in [3.8, 4) is 5.88 Å². The molecule has 90 valence electrons. The minimum atomic E-state index is -0.0368. The number of amides is 1. The van der Waals surface area contributed by atoms with Gasteiger partial charge in [-0.3, -0.25) is 9.48 Å². The Hall–Kier alpha value is -2.04. The van der Waals surface area contributed by atoms with Gasteiger partial charge in [-0.25, -0.2) is 0 Å². The van der Waals surface area contributed by atoms with Crippen LogP contribution in [0.1, 0.15) is 6.42 Å². The SMILES string of the molecule is CNC(=O)CCOc1nn(C)c2ccccc12. The number of fused-ring (bicyclic) bond motifs is 1. The third-order valence-electron chi connectivity index (χ3n) is 2.57. The van der Waals surface area contributed by atoms with Crippen molar-refractivity contribution >= 4 is 16.8 Å². The highest BCUT2D eigenvalue weighted by molar-refractivity contribution is 5.84. The van der Waals surface area contributed by atoms with Gasteiger partial charge in [0, 0.05) is 14.1 Å². The van der Waals surface area contributed by atoms with E-state index in [-0.39, 0.29) is 5.91 Å². The number of benzene rings is 1. The molecule has 17 heavy (non-hydrogen) atoms. The van der Waals surface area contributed by atoms with Crippen LogP contribution in [0.5, 0.6) is 5.88 Å². The van der Waals surface area contributed by atoms with Crippen molar-refractivity contribution < 1.29 is 9.53 Å². The van der Waals surface area contributed by atoms with Gasteiger partial charge in [-0.1, -0.05) is 12.1 Å². The second kappa shape index (κ2) is 4.86. The Morgan fingerprint density at radius 2 is 2.24 bits per heavy atom. The summed E-state index contributed by atoms with van der Waals surface area (Å²) >= 11 is 0. The standard InChI is InChI=1S/C12H15N3O2/c1-13-11(16)7-8-17-12-9-5-3-4-6-10(9)15(2)14-12/h3-6H,7-8H2,1-2H3,(H,13,16). The van der Waals surface area contributed by atoms with Gasteiger partial charge in [0.2, 0.25) is 11.8 Å². The van der Waals surface area contributed by atoms with Gasteiger partial charge < -0.3 is 10.1 Å². The second-order valence-electron chi connectivity index (χ2n) is 3.72. The molecular formula is C12H15N3O2. The summed E-state index contributed by atoms with van der Waals surface area (Å²) in [6, 6.07) is 7.83. The molecule has 1 amide bonds. The van der Waals surface area contributed by atoms with E-state index in [1.807, 2.05) is 31.3 Å². The number of aromatic nitrogens is 2. The summed E-state index contributed by atoms with van der Waals surface area (Å²) < 4.78 is 7.29. The van der Waals surface area contributed by atoms with Gasteiger partial charge in [-0.05, 0) is 12.1 Å². The zero-order valence-electron chi connectivity index (χ0n) is 9.93. The average molecular weight is 233 g/mol. The van der Waals surface area contributed by atoms with E-state index in [2.05, 4.69) is 10.4 Å². The summed E-state index contributed by atoms with van der Waals surface area (Å²) in [7, 11) is 3.48. The van der Waals surface area contributed by atoms with Crippen molar-refractivity contribution in [3.63, 3.8) is 0 Å². The lowest BCUT2D eigenvalue weighted by molar-refractivity contribution is -0.121. The van der Waals surface area contributed by atoms with Crippen molar-refractivity contribution in [3.05, 3.63) is 24.3 Å². The number of ether oxygens (including phenoxy) is 1. The number of rotatable bonds is 4. The lowest BCUT2D eigenvalue weighted by atomic mass is 10.2. The molecule has 0 spiro atoms. The van der Waals surface area contributed by atoms with Crippen molar-refractivity contribution in [2.24, 2.45) is 7.05 Å². The number of hydrogen-bond acceptors (Lipinski definition) is 3. The van der Waals surface area contributed by atoms with E-state index in [1.54, 1.807) is 11.7 Å². The Balaban J connectivity index is 2.11. The number of carbonyl (C=O) groups is 1. The second-order valence-corrected chi connectivity index (χ2v) is 3.72. The molecule has 0 atom stereocenters. The molecule has 0 unspecified atom stereocenters. The molecule has 5 heteroatoms. The maximum Gasteiger partial charge on any atom is 0.240 e. The van der Waals surface area contributed by atoms with Crippen LogP contribution < -0.4 is 10.1 Å². The number of hydrogen-bond donors (Lipinski definition) is 1. The van der Waals surface area contributed by atoms with Crippen LogP contribution in [0.15, 0.2) is 24.3 Å². The van der Waals surface area contributed by atoms with Crippen molar-refractivity contribution in [2.45, 2.75) is 6.42 Å². The fourth-order valence-electron chi connectivity index (χ4n) is 1.65. The van der Waals surface area contributed by atoms with E-state index in [1.165, 1.54) is 0 Å². The molecule has 0 bridgehead atoms.